The van der Waals surface area contributed by atoms with Crippen molar-refractivity contribution in [3.63, 3.8) is 0 Å². The van der Waals surface area contributed by atoms with Crippen LogP contribution < -0.4 is 5.32 Å². The average molecular weight is 272 g/mol. The maximum absolute atomic E-state index is 11.4. The molecule has 0 aliphatic rings. The minimum Gasteiger partial charge on any atom is -0.381 e. The van der Waals surface area contributed by atoms with Crippen LogP contribution >= 0.6 is 15.9 Å². The van der Waals surface area contributed by atoms with Crippen LogP contribution in [0, 0.1) is 0 Å². The van der Waals surface area contributed by atoms with Crippen LogP contribution in [-0.4, -0.2) is 19.1 Å². The van der Waals surface area contributed by atoms with E-state index in [4.69, 9.17) is 4.74 Å². The zero-order chi connectivity index (χ0) is 11.1. The van der Waals surface area contributed by atoms with E-state index in [9.17, 15) is 4.79 Å². The predicted molar refractivity (Wildman–Crippen MR) is 63.9 cm³/mol. The van der Waals surface area contributed by atoms with Crippen LogP contribution in [0.2, 0.25) is 0 Å². The van der Waals surface area contributed by atoms with E-state index in [1.807, 2.05) is 31.2 Å². The number of hydrogen-bond acceptors (Lipinski definition) is 2. The van der Waals surface area contributed by atoms with E-state index in [-0.39, 0.29) is 5.91 Å². The molecule has 1 amide bonds. The van der Waals surface area contributed by atoms with Gasteiger partial charge in [0, 0.05) is 11.1 Å². The van der Waals surface area contributed by atoms with Gasteiger partial charge in [0.15, 0.2) is 0 Å². The molecule has 4 heteroatoms. The minimum absolute atomic E-state index is 0.0321. The Hall–Kier alpha value is -0.870. The van der Waals surface area contributed by atoms with Crippen molar-refractivity contribution in [2.24, 2.45) is 0 Å². The van der Waals surface area contributed by atoms with Gasteiger partial charge < -0.3 is 10.1 Å². The van der Waals surface area contributed by atoms with Gasteiger partial charge in [0.25, 0.3) is 0 Å². The van der Waals surface area contributed by atoms with Gasteiger partial charge in [0.1, 0.15) is 0 Å². The second-order valence-electron chi connectivity index (χ2n) is 2.97. The highest BCUT2D eigenvalue weighted by atomic mass is 79.9. The van der Waals surface area contributed by atoms with Gasteiger partial charge in [-0.05, 0) is 35.0 Å². The minimum atomic E-state index is -0.0321. The number of ether oxygens (including phenoxy) is 1. The first-order valence-electron chi connectivity index (χ1n) is 4.86. The van der Waals surface area contributed by atoms with Crippen molar-refractivity contribution in [1.82, 2.24) is 0 Å². The molecule has 15 heavy (non-hydrogen) atoms. The molecule has 1 aromatic carbocycles. The van der Waals surface area contributed by atoms with Gasteiger partial charge in [-0.15, -0.1) is 0 Å². The standard InChI is InChI=1S/C11H14BrNO2/c1-2-15-8-7-11(14)13-10-6-4-3-5-9(10)12/h3-6H,2,7-8H2,1H3,(H,13,14). The monoisotopic (exact) mass is 271 g/mol. The molecule has 0 fully saturated rings. The molecule has 0 bridgehead atoms. The van der Waals surface area contributed by atoms with Gasteiger partial charge in [-0.3, -0.25) is 4.79 Å². The molecule has 0 spiro atoms. The summed E-state index contributed by atoms with van der Waals surface area (Å²) in [6.07, 6.45) is 0.384. The van der Waals surface area contributed by atoms with Gasteiger partial charge in [0.2, 0.25) is 5.91 Å². The molecule has 0 saturated carbocycles. The van der Waals surface area contributed by atoms with E-state index in [0.717, 1.165) is 10.2 Å². The maximum atomic E-state index is 11.4. The largest absolute Gasteiger partial charge is 0.381 e. The van der Waals surface area contributed by atoms with Crippen LogP contribution in [0.25, 0.3) is 0 Å². The van der Waals surface area contributed by atoms with Crippen LogP contribution in [0.4, 0.5) is 5.69 Å². The zero-order valence-electron chi connectivity index (χ0n) is 8.63. The second-order valence-corrected chi connectivity index (χ2v) is 3.83. The van der Waals surface area contributed by atoms with E-state index in [2.05, 4.69) is 21.2 Å². The fraction of sp³-hybridized carbons (Fsp3) is 0.364. The number of benzene rings is 1. The fourth-order valence-corrected chi connectivity index (χ4v) is 1.47. The number of hydrogen-bond donors (Lipinski definition) is 1. The van der Waals surface area contributed by atoms with E-state index < -0.39 is 0 Å². The SMILES string of the molecule is CCOCCC(=O)Nc1ccccc1Br. The Morgan fingerprint density at radius 3 is 2.87 bits per heavy atom. The number of anilines is 1. The Morgan fingerprint density at radius 2 is 2.20 bits per heavy atom. The number of carbonyl (C=O) groups excluding carboxylic acids is 1. The van der Waals surface area contributed by atoms with Crippen molar-refractivity contribution in [2.75, 3.05) is 18.5 Å². The molecule has 3 nitrogen and oxygen atoms in total. The zero-order valence-corrected chi connectivity index (χ0v) is 10.2. The van der Waals surface area contributed by atoms with Crippen molar-refractivity contribution in [3.05, 3.63) is 28.7 Å². The maximum Gasteiger partial charge on any atom is 0.226 e. The average Bonchev–Trinajstić information content (AvgIpc) is 2.22. The Labute approximate surface area is 97.9 Å². The first-order valence-corrected chi connectivity index (χ1v) is 5.65. The summed E-state index contributed by atoms with van der Waals surface area (Å²) in [6.45, 7) is 3.01. The lowest BCUT2D eigenvalue weighted by atomic mass is 10.3. The van der Waals surface area contributed by atoms with Gasteiger partial charge in [-0.1, -0.05) is 12.1 Å². The Kier molecular flexibility index (Phi) is 5.36. The van der Waals surface area contributed by atoms with Gasteiger partial charge in [0.05, 0.1) is 18.7 Å². The molecule has 0 atom stereocenters. The Morgan fingerprint density at radius 1 is 1.47 bits per heavy atom. The number of amides is 1. The summed E-state index contributed by atoms with van der Waals surface area (Å²) in [5.41, 5.74) is 0.791. The third kappa shape index (κ3) is 4.44. The molecule has 1 aromatic rings. The molecule has 1 rings (SSSR count). The smallest absolute Gasteiger partial charge is 0.226 e. The number of nitrogens with one attached hydrogen (secondary N) is 1. The molecule has 0 radical (unpaired) electrons. The lowest BCUT2D eigenvalue weighted by Gasteiger charge is -2.06. The molecule has 1 N–H and O–H groups in total. The molecule has 0 aromatic heterocycles. The van der Waals surface area contributed by atoms with Crippen molar-refractivity contribution in [1.29, 1.82) is 0 Å². The molecule has 0 heterocycles. The Balaban J connectivity index is 2.41. The lowest BCUT2D eigenvalue weighted by Crippen LogP contribution is -2.14. The first kappa shape index (κ1) is 12.2. The summed E-state index contributed by atoms with van der Waals surface area (Å²) in [4.78, 5) is 11.4. The van der Waals surface area contributed by atoms with Gasteiger partial charge in [-0.25, -0.2) is 0 Å². The quantitative estimate of drug-likeness (QED) is 0.837. The van der Waals surface area contributed by atoms with Crippen LogP contribution in [0.5, 0.6) is 0 Å². The van der Waals surface area contributed by atoms with Crippen molar-refractivity contribution < 1.29 is 9.53 Å². The summed E-state index contributed by atoms with van der Waals surface area (Å²) in [7, 11) is 0. The van der Waals surface area contributed by atoms with Crippen LogP contribution in [0.1, 0.15) is 13.3 Å². The summed E-state index contributed by atoms with van der Waals surface area (Å²) in [6, 6.07) is 7.52. The van der Waals surface area contributed by atoms with E-state index in [1.54, 1.807) is 0 Å². The van der Waals surface area contributed by atoms with Crippen molar-refractivity contribution in [2.45, 2.75) is 13.3 Å². The highest BCUT2D eigenvalue weighted by Crippen LogP contribution is 2.21. The van der Waals surface area contributed by atoms with Crippen molar-refractivity contribution >= 4 is 27.5 Å². The fourth-order valence-electron chi connectivity index (χ4n) is 1.08. The van der Waals surface area contributed by atoms with E-state index in [0.29, 0.717) is 19.6 Å². The van der Waals surface area contributed by atoms with Gasteiger partial charge >= 0.3 is 0 Å². The van der Waals surface area contributed by atoms with Crippen LogP contribution in [0.15, 0.2) is 28.7 Å². The van der Waals surface area contributed by atoms with Crippen LogP contribution in [0.3, 0.4) is 0 Å². The van der Waals surface area contributed by atoms with Gasteiger partial charge in [-0.2, -0.15) is 0 Å². The summed E-state index contributed by atoms with van der Waals surface area (Å²) < 4.78 is 5.98. The van der Waals surface area contributed by atoms with Crippen molar-refractivity contribution in [3.8, 4) is 0 Å². The summed E-state index contributed by atoms with van der Waals surface area (Å²) >= 11 is 3.36. The third-order valence-electron chi connectivity index (χ3n) is 1.83. The lowest BCUT2D eigenvalue weighted by molar-refractivity contribution is -0.117. The van der Waals surface area contributed by atoms with E-state index >= 15 is 0 Å². The van der Waals surface area contributed by atoms with Crippen LogP contribution in [-0.2, 0) is 9.53 Å². The summed E-state index contributed by atoms with van der Waals surface area (Å²) in [5.74, 6) is -0.0321. The number of carbonyl (C=O) groups is 1. The molecular weight excluding hydrogens is 258 g/mol. The molecule has 0 unspecified atom stereocenters. The normalized spacial score (nSPS) is 10.0. The highest BCUT2D eigenvalue weighted by molar-refractivity contribution is 9.10. The molecule has 82 valence electrons. The Bertz CT molecular complexity index is 328. The predicted octanol–water partition coefficient (Wildman–Crippen LogP) is 2.81. The second kappa shape index (κ2) is 6.58. The summed E-state index contributed by atoms with van der Waals surface area (Å²) in [5, 5.41) is 2.80. The molecular formula is C11H14BrNO2. The third-order valence-corrected chi connectivity index (χ3v) is 2.52. The number of para-hydroxylation sites is 1. The molecule has 0 aliphatic heterocycles. The molecule has 0 aliphatic carbocycles. The number of rotatable bonds is 5. The first-order chi connectivity index (χ1) is 7.24. The molecule has 0 saturated heterocycles. The topological polar surface area (TPSA) is 38.3 Å². The highest BCUT2D eigenvalue weighted by Gasteiger charge is 2.04. The number of halogens is 1. The van der Waals surface area contributed by atoms with E-state index in [1.165, 1.54) is 0 Å².